The second kappa shape index (κ2) is 6.82. The summed E-state index contributed by atoms with van der Waals surface area (Å²) < 4.78 is 45.7. The fourth-order valence-corrected chi connectivity index (χ4v) is 3.38. The maximum absolute atomic E-state index is 13.4. The lowest BCUT2D eigenvalue weighted by Gasteiger charge is -2.44. The molecule has 1 saturated heterocycles. The van der Waals surface area contributed by atoms with E-state index in [1.54, 1.807) is 30.6 Å². The second-order valence-corrected chi connectivity index (χ2v) is 8.10. The highest BCUT2D eigenvalue weighted by Crippen LogP contribution is 2.39. The van der Waals surface area contributed by atoms with Gasteiger partial charge in [0.2, 0.25) is 0 Å². The number of ether oxygens (including phenoxy) is 1. The molecule has 1 N–H and O–H groups in total. The first-order valence-electron chi connectivity index (χ1n) is 9.04. The van der Waals surface area contributed by atoms with Crippen molar-refractivity contribution in [3.8, 4) is 0 Å². The van der Waals surface area contributed by atoms with Crippen LogP contribution >= 0.6 is 0 Å². The Hall–Kier alpha value is -2.52. The first-order valence-corrected chi connectivity index (χ1v) is 9.04. The van der Waals surface area contributed by atoms with E-state index < -0.39 is 23.4 Å². The van der Waals surface area contributed by atoms with E-state index in [-0.39, 0.29) is 28.9 Å². The number of piperazine rings is 1. The fourth-order valence-electron chi connectivity index (χ4n) is 3.38. The third-order valence-corrected chi connectivity index (χ3v) is 4.64. The van der Waals surface area contributed by atoms with Crippen molar-refractivity contribution < 1.29 is 22.7 Å². The van der Waals surface area contributed by atoms with Crippen molar-refractivity contribution in [2.45, 2.75) is 58.5 Å². The van der Waals surface area contributed by atoms with Crippen molar-refractivity contribution in [3.63, 3.8) is 0 Å². The molecule has 10 heteroatoms. The minimum Gasteiger partial charge on any atom is -0.444 e. The van der Waals surface area contributed by atoms with E-state index in [2.05, 4.69) is 15.0 Å². The largest absolute Gasteiger partial charge is 0.444 e. The van der Waals surface area contributed by atoms with Gasteiger partial charge < -0.3 is 19.5 Å². The molecule has 0 saturated carbocycles. The molecule has 1 amide bonds. The van der Waals surface area contributed by atoms with E-state index in [0.717, 1.165) is 6.20 Å². The molecule has 1 aliphatic rings. The Bertz CT molecular complexity index is 874. The van der Waals surface area contributed by atoms with Crippen molar-refractivity contribution in [3.05, 3.63) is 18.1 Å². The standard InChI is InChI=1S/C18H24F3N5O2/c1-10-8-26(16(27)28-17(3,4)5)11(2)7-25(10)15-13-12(18(19,20)21)6-22-14(13)23-9-24-15/h6,9-11H,7-8H2,1-5H3,(H,22,23,24)/t10-,11+/m1/s1. The summed E-state index contributed by atoms with van der Waals surface area (Å²) in [7, 11) is 0. The molecule has 0 unspecified atom stereocenters. The molecule has 2 aromatic rings. The van der Waals surface area contributed by atoms with E-state index in [0.29, 0.717) is 13.1 Å². The highest BCUT2D eigenvalue weighted by Gasteiger charge is 2.39. The molecule has 28 heavy (non-hydrogen) atoms. The van der Waals surface area contributed by atoms with Gasteiger partial charge in [-0.2, -0.15) is 13.2 Å². The van der Waals surface area contributed by atoms with Crippen molar-refractivity contribution in [2.75, 3.05) is 18.0 Å². The quantitative estimate of drug-likeness (QED) is 0.789. The number of aromatic amines is 1. The van der Waals surface area contributed by atoms with E-state index >= 15 is 0 Å². The molecule has 0 radical (unpaired) electrons. The molecule has 0 bridgehead atoms. The van der Waals surface area contributed by atoms with Gasteiger partial charge in [0.05, 0.1) is 10.9 Å². The van der Waals surface area contributed by atoms with Gasteiger partial charge in [0.25, 0.3) is 0 Å². The lowest BCUT2D eigenvalue weighted by atomic mass is 10.1. The van der Waals surface area contributed by atoms with Crippen LogP contribution < -0.4 is 4.90 Å². The number of hydrogen-bond donors (Lipinski definition) is 1. The second-order valence-electron chi connectivity index (χ2n) is 8.10. The predicted octanol–water partition coefficient (Wildman–Crippen LogP) is 3.81. The van der Waals surface area contributed by atoms with Crippen molar-refractivity contribution in [1.29, 1.82) is 0 Å². The molecule has 0 spiro atoms. The minimum absolute atomic E-state index is 0.0558. The van der Waals surface area contributed by atoms with Crippen LogP contribution in [0.3, 0.4) is 0 Å². The van der Waals surface area contributed by atoms with Crippen LogP contribution in [0.2, 0.25) is 0 Å². The van der Waals surface area contributed by atoms with Gasteiger partial charge in [0.1, 0.15) is 23.4 Å². The average Bonchev–Trinajstić information content (AvgIpc) is 2.99. The lowest BCUT2D eigenvalue weighted by Crippen LogP contribution is -2.59. The van der Waals surface area contributed by atoms with Gasteiger partial charge in [0, 0.05) is 31.4 Å². The number of amides is 1. The van der Waals surface area contributed by atoms with Crippen molar-refractivity contribution in [1.82, 2.24) is 19.9 Å². The fraction of sp³-hybridized carbons (Fsp3) is 0.611. The minimum atomic E-state index is -4.52. The van der Waals surface area contributed by atoms with E-state index in [9.17, 15) is 18.0 Å². The number of carbonyl (C=O) groups excluding carboxylic acids is 1. The summed E-state index contributed by atoms with van der Waals surface area (Å²) in [6.07, 6.45) is -2.80. The normalized spacial score (nSPS) is 21.3. The number of nitrogens with zero attached hydrogens (tertiary/aromatic N) is 4. The van der Waals surface area contributed by atoms with Crippen molar-refractivity contribution in [2.24, 2.45) is 0 Å². The molecule has 0 aromatic carbocycles. The zero-order valence-corrected chi connectivity index (χ0v) is 16.5. The molecule has 2 aromatic heterocycles. The molecular weight excluding hydrogens is 375 g/mol. The Morgan fingerprint density at radius 3 is 2.46 bits per heavy atom. The maximum Gasteiger partial charge on any atom is 0.418 e. The van der Waals surface area contributed by atoms with Gasteiger partial charge in [-0.3, -0.25) is 0 Å². The first-order chi connectivity index (χ1) is 12.9. The number of carbonyl (C=O) groups is 1. The predicted molar refractivity (Wildman–Crippen MR) is 98.1 cm³/mol. The van der Waals surface area contributed by atoms with Crippen LogP contribution in [0.1, 0.15) is 40.2 Å². The van der Waals surface area contributed by atoms with Crippen LogP contribution in [0.15, 0.2) is 12.5 Å². The SMILES string of the molecule is C[C@@H]1CN(C(=O)OC(C)(C)C)[C@@H](C)CN1c1ncnc2[nH]cc(C(F)(F)F)c12. The summed E-state index contributed by atoms with van der Waals surface area (Å²) in [5, 5.41) is -0.0558. The van der Waals surface area contributed by atoms with Gasteiger partial charge in [-0.1, -0.05) is 0 Å². The van der Waals surface area contributed by atoms with Crippen LogP contribution in [-0.4, -0.2) is 56.7 Å². The van der Waals surface area contributed by atoms with Gasteiger partial charge in [-0.25, -0.2) is 14.8 Å². The van der Waals surface area contributed by atoms with Crippen LogP contribution in [0, 0.1) is 0 Å². The van der Waals surface area contributed by atoms with Gasteiger partial charge in [0.15, 0.2) is 0 Å². The monoisotopic (exact) mass is 399 g/mol. The molecular formula is C18H24F3N5O2. The van der Waals surface area contributed by atoms with Crippen LogP contribution in [0.5, 0.6) is 0 Å². The highest BCUT2D eigenvalue weighted by molar-refractivity contribution is 5.91. The highest BCUT2D eigenvalue weighted by atomic mass is 19.4. The molecule has 3 heterocycles. The number of halogens is 3. The zero-order chi connectivity index (χ0) is 20.9. The summed E-state index contributed by atoms with van der Waals surface area (Å²) in [5.41, 5.74) is -1.29. The number of rotatable bonds is 1. The smallest absolute Gasteiger partial charge is 0.418 e. The number of fused-ring (bicyclic) bond motifs is 1. The Morgan fingerprint density at radius 1 is 1.18 bits per heavy atom. The summed E-state index contributed by atoms with van der Waals surface area (Å²) in [6, 6.07) is -0.512. The Balaban J connectivity index is 1.92. The number of nitrogens with one attached hydrogen (secondary N) is 1. The molecule has 7 nitrogen and oxygen atoms in total. The lowest BCUT2D eigenvalue weighted by molar-refractivity contribution is -0.136. The summed E-state index contributed by atoms with van der Waals surface area (Å²) in [6.45, 7) is 9.69. The van der Waals surface area contributed by atoms with E-state index in [4.69, 9.17) is 4.74 Å². The van der Waals surface area contributed by atoms with Gasteiger partial charge in [-0.15, -0.1) is 0 Å². The average molecular weight is 399 g/mol. The van der Waals surface area contributed by atoms with Crippen molar-refractivity contribution >= 4 is 22.9 Å². The molecule has 0 aliphatic carbocycles. The van der Waals surface area contributed by atoms with Crippen LogP contribution in [0.25, 0.3) is 11.0 Å². The Kier molecular flexibility index (Phi) is 4.93. The van der Waals surface area contributed by atoms with E-state index in [1.165, 1.54) is 6.33 Å². The Labute approximate surface area is 160 Å². The van der Waals surface area contributed by atoms with Crippen LogP contribution in [-0.2, 0) is 10.9 Å². The molecule has 1 fully saturated rings. The number of alkyl halides is 3. The Morgan fingerprint density at radius 2 is 1.86 bits per heavy atom. The summed E-state index contributed by atoms with van der Waals surface area (Å²) >= 11 is 0. The van der Waals surface area contributed by atoms with Crippen LogP contribution in [0.4, 0.5) is 23.8 Å². The third-order valence-electron chi connectivity index (χ3n) is 4.64. The van der Waals surface area contributed by atoms with Gasteiger partial charge >= 0.3 is 12.3 Å². The molecule has 154 valence electrons. The number of anilines is 1. The molecule has 2 atom stereocenters. The maximum atomic E-state index is 13.4. The topological polar surface area (TPSA) is 74.3 Å². The van der Waals surface area contributed by atoms with E-state index in [1.807, 2.05) is 13.8 Å². The third kappa shape index (κ3) is 3.85. The number of hydrogen-bond acceptors (Lipinski definition) is 5. The molecule has 1 aliphatic heterocycles. The molecule has 3 rings (SSSR count). The number of aromatic nitrogens is 3. The first kappa shape index (κ1) is 20.2. The summed E-state index contributed by atoms with van der Waals surface area (Å²) in [5.74, 6) is 0.210. The number of H-pyrrole nitrogens is 1. The zero-order valence-electron chi connectivity index (χ0n) is 16.5. The van der Waals surface area contributed by atoms with Gasteiger partial charge in [-0.05, 0) is 34.6 Å². The summed E-state index contributed by atoms with van der Waals surface area (Å²) in [4.78, 5) is 26.5.